The van der Waals surface area contributed by atoms with Crippen molar-refractivity contribution >= 4 is 28.2 Å². The Morgan fingerprint density at radius 1 is 1.43 bits per heavy atom. The molecule has 1 aromatic heterocycles. The summed E-state index contributed by atoms with van der Waals surface area (Å²) in [4.78, 5) is 21.2. The van der Waals surface area contributed by atoms with E-state index in [0.717, 1.165) is 18.2 Å². The van der Waals surface area contributed by atoms with E-state index >= 15 is 0 Å². The molecule has 0 radical (unpaired) electrons. The van der Waals surface area contributed by atoms with Crippen LogP contribution < -0.4 is 10.6 Å². The van der Waals surface area contributed by atoms with E-state index in [1.165, 1.54) is 30.6 Å². The highest BCUT2D eigenvalue weighted by atomic mass is 32.1. The first kappa shape index (κ1) is 16.0. The van der Waals surface area contributed by atoms with Crippen molar-refractivity contribution < 1.29 is 9.53 Å². The van der Waals surface area contributed by atoms with E-state index < -0.39 is 0 Å². The number of carbonyl (C=O) groups is 1. The molecule has 118 valence electrons. The molecule has 0 aliphatic carbocycles. The molecule has 1 aromatic rings. The van der Waals surface area contributed by atoms with E-state index in [4.69, 9.17) is 10.5 Å². The van der Waals surface area contributed by atoms with Gasteiger partial charge in [-0.2, -0.15) is 0 Å². The summed E-state index contributed by atoms with van der Waals surface area (Å²) in [5.41, 5.74) is 5.94. The molecule has 1 amide bonds. The molecule has 0 bridgehead atoms. The number of nitrogens with zero attached hydrogens (tertiary/aromatic N) is 3. The molecule has 2 rings (SSSR count). The Bertz CT molecular complexity index is 472. The number of nitrogen functional groups attached to an aromatic ring is 1. The summed E-state index contributed by atoms with van der Waals surface area (Å²) in [7, 11) is 1.76. The van der Waals surface area contributed by atoms with Crippen LogP contribution in [-0.2, 0) is 4.74 Å². The number of ether oxygens (including phenoxy) is 1. The van der Waals surface area contributed by atoms with Crippen LogP contribution in [0.15, 0.2) is 0 Å². The van der Waals surface area contributed by atoms with Crippen molar-refractivity contribution in [2.75, 3.05) is 50.5 Å². The van der Waals surface area contributed by atoms with Crippen molar-refractivity contribution in [1.82, 2.24) is 9.88 Å². The molecule has 7 heteroatoms. The van der Waals surface area contributed by atoms with Crippen LogP contribution in [0.3, 0.4) is 0 Å². The fourth-order valence-electron chi connectivity index (χ4n) is 2.31. The van der Waals surface area contributed by atoms with Gasteiger partial charge in [-0.3, -0.25) is 4.79 Å². The second kappa shape index (κ2) is 7.61. The van der Waals surface area contributed by atoms with Gasteiger partial charge in [0.2, 0.25) is 0 Å². The first-order valence-corrected chi connectivity index (χ1v) is 8.29. The van der Waals surface area contributed by atoms with Gasteiger partial charge < -0.3 is 20.3 Å². The largest absolute Gasteiger partial charge is 0.382 e. The van der Waals surface area contributed by atoms with Crippen LogP contribution in [0, 0.1) is 0 Å². The maximum Gasteiger partial charge on any atom is 0.267 e. The van der Waals surface area contributed by atoms with Gasteiger partial charge >= 0.3 is 0 Å². The van der Waals surface area contributed by atoms with Gasteiger partial charge in [-0.25, -0.2) is 4.98 Å². The number of piperidine rings is 1. The molecule has 2 N–H and O–H groups in total. The Morgan fingerprint density at radius 3 is 2.81 bits per heavy atom. The molecule has 0 aromatic carbocycles. The molecular formula is C14H24N4O2S. The lowest BCUT2D eigenvalue weighted by molar-refractivity contribution is 0.0715. The average Bonchev–Trinajstić information content (AvgIpc) is 2.89. The topological polar surface area (TPSA) is 71.7 Å². The van der Waals surface area contributed by atoms with Crippen molar-refractivity contribution in [1.29, 1.82) is 0 Å². The predicted octanol–water partition coefficient (Wildman–Crippen LogP) is 1.82. The summed E-state index contributed by atoms with van der Waals surface area (Å²) in [6.45, 7) is 5.69. The normalized spacial score (nSPS) is 15.2. The van der Waals surface area contributed by atoms with Gasteiger partial charge in [0.15, 0.2) is 5.13 Å². The summed E-state index contributed by atoms with van der Waals surface area (Å²) in [6.07, 6.45) is 3.62. The van der Waals surface area contributed by atoms with Crippen LogP contribution in [0.4, 0.5) is 10.9 Å². The number of rotatable bonds is 6. The highest BCUT2D eigenvalue weighted by molar-refractivity contribution is 7.18. The number of amides is 1. The number of likely N-dealkylation sites (N-methyl/N-ethyl adjacent to an activating group) is 1. The monoisotopic (exact) mass is 312 g/mol. The third kappa shape index (κ3) is 4.07. The molecule has 21 heavy (non-hydrogen) atoms. The number of aromatic nitrogens is 1. The van der Waals surface area contributed by atoms with E-state index in [2.05, 4.69) is 9.88 Å². The van der Waals surface area contributed by atoms with E-state index in [-0.39, 0.29) is 5.91 Å². The number of hydrogen-bond acceptors (Lipinski definition) is 6. The Labute approximate surface area is 129 Å². The Balaban J connectivity index is 2.01. The molecule has 2 heterocycles. The van der Waals surface area contributed by atoms with E-state index in [0.29, 0.717) is 30.5 Å². The second-order valence-electron chi connectivity index (χ2n) is 5.18. The van der Waals surface area contributed by atoms with Crippen molar-refractivity contribution in [3.05, 3.63) is 4.88 Å². The lowest BCUT2D eigenvalue weighted by atomic mass is 10.1. The smallest absolute Gasteiger partial charge is 0.267 e. The van der Waals surface area contributed by atoms with E-state index in [1.807, 2.05) is 6.92 Å². The summed E-state index contributed by atoms with van der Waals surface area (Å²) in [6, 6.07) is 0. The van der Waals surface area contributed by atoms with Crippen molar-refractivity contribution in [2.45, 2.75) is 26.2 Å². The summed E-state index contributed by atoms with van der Waals surface area (Å²) >= 11 is 1.40. The van der Waals surface area contributed by atoms with E-state index in [9.17, 15) is 4.79 Å². The minimum absolute atomic E-state index is 0.0760. The zero-order valence-electron chi connectivity index (χ0n) is 12.8. The van der Waals surface area contributed by atoms with Crippen molar-refractivity contribution in [3.8, 4) is 0 Å². The fourth-order valence-corrected chi connectivity index (χ4v) is 3.35. The van der Waals surface area contributed by atoms with Gasteiger partial charge in [-0.05, 0) is 26.2 Å². The zero-order chi connectivity index (χ0) is 15.2. The van der Waals surface area contributed by atoms with Gasteiger partial charge in [0.1, 0.15) is 10.7 Å². The fraction of sp³-hybridized carbons (Fsp3) is 0.714. The minimum Gasteiger partial charge on any atom is -0.382 e. The van der Waals surface area contributed by atoms with Crippen LogP contribution in [0.5, 0.6) is 0 Å². The van der Waals surface area contributed by atoms with Crippen LogP contribution in [0.25, 0.3) is 0 Å². The molecule has 1 aliphatic heterocycles. The molecule has 1 saturated heterocycles. The van der Waals surface area contributed by atoms with Crippen LogP contribution >= 0.6 is 11.3 Å². The number of nitrogens with two attached hydrogens (primary N) is 1. The molecule has 6 nitrogen and oxygen atoms in total. The van der Waals surface area contributed by atoms with Crippen molar-refractivity contribution in [2.24, 2.45) is 0 Å². The highest BCUT2D eigenvalue weighted by Crippen LogP contribution is 2.30. The van der Waals surface area contributed by atoms with Gasteiger partial charge in [0.25, 0.3) is 5.91 Å². The third-order valence-corrected chi connectivity index (χ3v) is 4.70. The number of hydrogen-bond donors (Lipinski definition) is 1. The molecule has 0 atom stereocenters. The lowest BCUT2D eigenvalue weighted by Gasteiger charge is -2.25. The van der Waals surface area contributed by atoms with Gasteiger partial charge in [0.05, 0.1) is 6.61 Å². The minimum atomic E-state index is -0.0760. The lowest BCUT2D eigenvalue weighted by Crippen LogP contribution is -2.30. The molecule has 1 fully saturated rings. The average molecular weight is 312 g/mol. The zero-order valence-corrected chi connectivity index (χ0v) is 13.6. The Hall–Kier alpha value is -1.34. The number of thiazole rings is 1. The quantitative estimate of drug-likeness (QED) is 0.811. The third-order valence-electron chi connectivity index (χ3n) is 3.58. The maximum absolute atomic E-state index is 12.4. The molecule has 0 spiro atoms. The van der Waals surface area contributed by atoms with Crippen LogP contribution in [-0.4, -0.2) is 55.7 Å². The molecular weight excluding hydrogens is 288 g/mol. The molecule has 0 saturated carbocycles. The van der Waals surface area contributed by atoms with Crippen LogP contribution in [0.2, 0.25) is 0 Å². The first-order chi connectivity index (χ1) is 10.1. The number of carbonyl (C=O) groups excluding carboxylic acids is 1. The number of anilines is 2. The Morgan fingerprint density at radius 2 is 2.14 bits per heavy atom. The summed E-state index contributed by atoms with van der Waals surface area (Å²) < 4.78 is 5.28. The second-order valence-corrected chi connectivity index (χ2v) is 6.16. The predicted molar refractivity (Wildman–Crippen MR) is 86.0 cm³/mol. The van der Waals surface area contributed by atoms with Gasteiger partial charge in [-0.15, -0.1) is 0 Å². The van der Waals surface area contributed by atoms with Gasteiger partial charge in [-0.1, -0.05) is 11.3 Å². The first-order valence-electron chi connectivity index (χ1n) is 7.48. The molecule has 1 aliphatic rings. The Kier molecular flexibility index (Phi) is 5.81. The standard InChI is InChI=1S/C14H24N4O2S/c1-3-20-10-9-17(2)13(19)11-12(15)16-14(21-11)18-7-5-4-6-8-18/h3-10,15H2,1-2H3. The maximum atomic E-state index is 12.4. The van der Waals surface area contributed by atoms with Gasteiger partial charge in [0, 0.05) is 33.3 Å². The molecule has 0 unspecified atom stereocenters. The summed E-state index contributed by atoms with van der Waals surface area (Å²) in [5, 5.41) is 0.869. The highest BCUT2D eigenvalue weighted by Gasteiger charge is 2.22. The summed E-state index contributed by atoms with van der Waals surface area (Å²) in [5.74, 6) is 0.266. The van der Waals surface area contributed by atoms with Crippen molar-refractivity contribution in [3.63, 3.8) is 0 Å². The van der Waals surface area contributed by atoms with Crippen LogP contribution in [0.1, 0.15) is 35.9 Å². The van der Waals surface area contributed by atoms with E-state index in [1.54, 1.807) is 11.9 Å². The SMILES string of the molecule is CCOCCN(C)C(=O)c1sc(N2CCCCC2)nc1N.